The molecule has 0 aromatic heterocycles. The summed E-state index contributed by atoms with van der Waals surface area (Å²) in [6, 6.07) is 0. The van der Waals surface area contributed by atoms with Gasteiger partial charge in [0, 0.05) is 19.6 Å². The van der Waals surface area contributed by atoms with Crippen molar-refractivity contribution in [2.24, 2.45) is 11.8 Å². The van der Waals surface area contributed by atoms with E-state index in [-0.39, 0.29) is 5.92 Å². The lowest BCUT2D eigenvalue weighted by Gasteiger charge is -2.27. The van der Waals surface area contributed by atoms with E-state index in [0.29, 0.717) is 5.91 Å². The minimum atomic E-state index is 0.230. The summed E-state index contributed by atoms with van der Waals surface area (Å²) in [5.74, 6) is 1.39. The zero-order chi connectivity index (χ0) is 13.3. The van der Waals surface area contributed by atoms with Crippen LogP contribution in [0, 0.1) is 11.8 Å². The van der Waals surface area contributed by atoms with E-state index >= 15 is 0 Å². The van der Waals surface area contributed by atoms with Gasteiger partial charge < -0.3 is 10.2 Å². The number of rotatable bonds is 3. The Bertz CT molecular complexity index is 192. The Hall–Kier alpha value is -0.570. The molecule has 1 aliphatic heterocycles. The minimum absolute atomic E-state index is 0.230. The smallest absolute Gasteiger partial charge is 0.226 e. The van der Waals surface area contributed by atoms with E-state index in [1.807, 2.05) is 18.7 Å². The standard InChI is InChI=1S/C10H20N2O.C4H10/c1-3-12(4-2)10(13)9-6-5-7-11-8-9;1-4(2)3/h9,11H,3-8H2,1-2H3;4H,1-3H3. The van der Waals surface area contributed by atoms with Crippen LogP contribution in [0.2, 0.25) is 0 Å². The maximum absolute atomic E-state index is 11.8. The predicted octanol–water partition coefficient (Wildman–Crippen LogP) is 2.52. The third kappa shape index (κ3) is 7.37. The zero-order valence-corrected chi connectivity index (χ0v) is 12.3. The van der Waals surface area contributed by atoms with Crippen molar-refractivity contribution >= 4 is 5.91 Å². The molecule has 0 aromatic rings. The highest BCUT2D eigenvalue weighted by Crippen LogP contribution is 2.12. The van der Waals surface area contributed by atoms with Crippen LogP contribution in [0.1, 0.15) is 47.5 Å². The highest BCUT2D eigenvalue weighted by Gasteiger charge is 2.23. The number of carbonyl (C=O) groups excluding carboxylic acids is 1. The van der Waals surface area contributed by atoms with Crippen molar-refractivity contribution in [3.63, 3.8) is 0 Å². The van der Waals surface area contributed by atoms with E-state index in [9.17, 15) is 4.79 Å². The number of nitrogens with zero attached hydrogens (tertiary/aromatic N) is 1. The lowest BCUT2D eigenvalue weighted by atomic mass is 9.98. The Morgan fingerprint density at radius 2 is 1.82 bits per heavy atom. The molecule has 3 heteroatoms. The normalized spacial score (nSPS) is 19.5. The average molecular weight is 242 g/mol. The van der Waals surface area contributed by atoms with Gasteiger partial charge in [-0.05, 0) is 39.2 Å². The molecule has 17 heavy (non-hydrogen) atoms. The van der Waals surface area contributed by atoms with Crippen LogP contribution in [0.5, 0.6) is 0 Å². The van der Waals surface area contributed by atoms with Crippen LogP contribution in [0.25, 0.3) is 0 Å². The van der Waals surface area contributed by atoms with Gasteiger partial charge in [-0.15, -0.1) is 0 Å². The molecule has 0 radical (unpaired) electrons. The van der Waals surface area contributed by atoms with Gasteiger partial charge in [0.15, 0.2) is 0 Å². The first kappa shape index (κ1) is 16.4. The first-order valence-corrected chi connectivity index (χ1v) is 7.02. The van der Waals surface area contributed by atoms with Gasteiger partial charge in [-0.3, -0.25) is 4.79 Å². The summed E-state index contributed by atoms with van der Waals surface area (Å²) in [5, 5.41) is 3.27. The highest BCUT2D eigenvalue weighted by molar-refractivity contribution is 5.79. The fourth-order valence-electron chi connectivity index (χ4n) is 1.86. The second-order valence-electron chi connectivity index (χ2n) is 5.29. The SMILES string of the molecule is CC(C)C.CCN(CC)C(=O)C1CCCNC1. The fraction of sp³-hybridized carbons (Fsp3) is 0.929. The molecule has 1 atom stereocenters. The monoisotopic (exact) mass is 242 g/mol. The van der Waals surface area contributed by atoms with Crippen LogP contribution in [0.3, 0.4) is 0 Å². The summed E-state index contributed by atoms with van der Waals surface area (Å²) in [7, 11) is 0. The quantitative estimate of drug-likeness (QED) is 0.825. The van der Waals surface area contributed by atoms with Crippen molar-refractivity contribution in [1.29, 1.82) is 0 Å². The Kier molecular flexibility index (Phi) is 9.14. The lowest BCUT2D eigenvalue weighted by molar-refractivity contribution is -0.135. The molecule has 1 heterocycles. The Labute approximate surface area is 107 Å². The topological polar surface area (TPSA) is 32.3 Å². The summed E-state index contributed by atoms with van der Waals surface area (Å²) in [6.45, 7) is 14.2. The van der Waals surface area contributed by atoms with E-state index in [1.54, 1.807) is 0 Å². The summed E-state index contributed by atoms with van der Waals surface area (Å²) in [4.78, 5) is 13.8. The fourth-order valence-corrected chi connectivity index (χ4v) is 1.86. The van der Waals surface area contributed by atoms with Crippen molar-refractivity contribution in [2.45, 2.75) is 47.5 Å². The van der Waals surface area contributed by atoms with Crippen LogP contribution in [0.15, 0.2) is 0 Å². The van der Waals surface area contributed by atoms with Crippen molar-refractivity contribution < 1.29 is 4.79 Å². The van der Waals surface area contributed by atoms with Gasteiger partial charge in [0.2, 0.25) is 5.91 Å². The zero-order valence-electron chi connectivity index (χ0n) is 12.3. The molecule has 3 nitrogen and oxygen atoms in total. The largest absolute Gasteiger partial charge is 0.343 e. The lowest BCUT2D eigenvalue weighted by Crippen LogP contribution is -2.42. The van der Waals surface area contributed by atoms with Gasteiger partial charge in [-0.2, -0.15) is 0 Å². The molecule has 1 unspecified atom stereocenters. The Morgan fingerprint density at radius 1 is 1.29 bits per heavy atom. The van der Waals surface area contributed by atoms with Crippen molar-refractivity contribution in [2.75, 3.05) is 26.2 Å². The average Bonchev–Trinajstić information content (AvgIpc) is 2.31. The van der Waals surface area contributed by atoms with Crippen LogP contribution < -0.4 is 5.32 Å². The second kappa shape index (κ2) is 9.46. The molecule has 0 saturated carbocycles. The maximum Gasteiger partial charge on any atom is 0.226 e. The van der Waals surface area contributed by atoms with Gasteiger partial charge in [0.25, 0.3) is 0 Å². The van der Waals surface area contributed by atoms with Crippen molar-refractivity contribution in [1.82, 2.24) is 10.2 Å². The molecule has 1 saturated heterocycles. The third-order valence-corrected chi connectivity index (χ3v) is 2.72. The Balaban J connectivity index is 0.000000557. The van der Waals surface area contributed by atoms with Crippen LogP contribution in [-0.2, 0) is 4.79 Å². The summed E-state index contributed by atoms with van der Waals surface area (Å²) in [5.41, 5.74) is 0. The molecule has 1 rings (SSSR count). The van der Waals surface area contributed by atoms with E-state index in [1.165, 1.54) is 0 Å². The number of carbonyl (C=O) groups is 1. The highest BCUT2D eigenvalue weighted by atomic mass is 16.2. The van der Waals surface area contributed by atoms with Gasteiger partial charge >= 0.3 is 0 Å². The number of nitrogens with one attached hydrogen (secondary N) is 1. The number of piperidine rings is 1. The molecule has 1 aliphatic rings. The maximum atomic E-state index is 11.8. The number of hydrogen-bond donors (Lipinski definition) is 1. The van der Waals surface area contributed by atoms with E-state index < -0.39 is 0 Å². The van der Waals surface area contributed by atoms with E-state index in [4.69, 9.17) is 0 Å². The minimum Gasteiger partial charge on any atom is -0.343 e. The molecule has 102 valence electrons. The number of amides is 1. The molecule has 0 spiro atoms. The molecule has 1 N–H and O–H groups in total. The molecule has 1 amide bonds. The first-order chi connectivity index (χ1) is 8.02. The summed E-state index contributed by atoms with van der Waals surface area (Å²) < 4.78 is 0. The molecular formula is C14H30N2O. The summed E-state index contributed by atoms with van der Waals surface area (Å²) in [6.07, 6.45) is 2.19. The van der Waals surface area contributed by atoms with Crippen molar-refractivity contribution in [3.8, 4) is 0 Å². The van der Waals surface area contributed by atoms with Gasteiger partial charge in [-0.1, -0.05) is 20.8 Å². The second-order valence-corrected chi connectivity index (χ2v) is 5.29. The molecule has 0 aliphatic carbocycles. The predicted molar refractivity (Wildman–Crippen MR) is 74.0 cm³/mol. The molecule has 0 bridgehead atoms. The van der Waals surface area contributed by atoms with Gasteiger partial charge in [-0.25, -0.2) is 0 Å². The van der Waals surface area contributed by atoms with Gasteiger partial charge in [0.1, 0.15) is 0 Å². The number of hydrogen-bond acceptors (Lipinski definition) is 2. The molecule has 1 fully saturated rings. The molecule has 0 aromatic carbocycles. The van der Waals surface area contributed by atoms with Gasteiger partial charge in [0.05, 0.1) is 5.92 Å². The van der Waals surface area contributed by atoms with E-state index in [2.05, 4.69) is 26.1 Å². The van der Waals surface area contributed by atoms with Crippen LogP contribution in [-0.4, -0.2) is 37.0 Å². The van der Waals surface area contributed by atoms with Crippen molar-refractivity contribution in [3.05, 3.63) is 0 Å². The van der Waals surface area contributed by atoms with Crippen LogP contribution in [0.4, 0.5) is 0 Å². The van der Waals surface area contributed by atoms with Crippen LogP contribution >= 0.6 is 0 Å². The molecular weight excluding hydrogens is 212 g/mol. The van der Waals surface area contributed by atoms with E-state index in [0.717, 1.165) is 44.9 Å². The first-order valence-electron chi connectivity index (χ1n) is 7.02. The Morgan fingerprint density at radius 3 is 2.18 bits per heavy atom. The third-order valence-electron chi connectivity index (χ3n) is 2.72. The summed E-state index contributed by atoms with van der Waals surface area (Å²) >= 11 is 0.